The van der Waals surface area contributed by atoms with Gasteiger partial charge >= 0.3 is 6.03 Å². The molecule has 1 fully saturated rings. The van der Waals surface area contributed by atoms with Gasteiger partial charge in [-0.25, -0.2) is 4.79 Å². The number of aromatic nitrogens is 2. The van der Waals surface area contributed by atoms with Crippen LogP contribution in [0.5, 0.6) is 0 Å². The summed E-state index contributed by atoms with van der Waals surface area (Å²) in [7, 11) is 0. The molecule has 0 bridgehead atoms. The van der Waals surface area contributed by atoms with Crippen LogP contribution in [0.2, 0.25) is 0 Å². The number of amides is 2. The van der Waals surface area contributed by atoms with E-state index in [1.807, 2.05) is 12.3 Å². The first-order valence-electron chi connectivity index (χ1n) is 5.86. The Kier molecular flexibility index (Phi) is 3.80. The Labute approximate surface area is 95.2 Å². The number of urea groups is 1. The molecule has 1 heterocycles. The Hall–Kier alpha value is -1.52. The van der Waals surface area contributed by atoms with Crippen molar-refractivity contribution < 1.29 is 4.79 Å². The van der Waals surface area contributed by atoms with E-state index in [9.17, 15) is 4.79 Å². The van der Waals surface area contributed by atoms with E-state index in [1.54, 1.807) is 10.9 Å². The Morgan fingerprint density at radius 2 is 2.25 bits per heavy atom. The lowest BCUT2D eigenvalue weighted by molar-refractivity contribution is 0.236. The molecule has 2 N–H and O–H groups in total. The summed E-state index contributed by atoms with van der Waals surface area (Å²) in [6.07, 6.45) is 8.32. The van der Waals surface area contributed by atoms with Crippen molar-refractivity contribution in [2.24, 2.45) is 0 Å². The van der Waals surface area contributed by atoms with Crippen LogP contribution in [0.25, 0.3) is 0 Å². The van der Waals surface area contributed by atoms with Crippen LogP contribution in [0.1, 0.15) is 25.7 Å². The molecule has 1 aliphatic carbocycles. The topological polar surface area (TPSA) is 59.0 Å². The molecule has 88 valence electrons. The summed E-state index contributed by atoms with van der Waals surface area (Å²) in [5.74, 6) is 0. The lowest BCUT2D eigenvalue weighted by Crippen LogP contribution is -2.41. The van der Waals surface area contributed by atoms with Gasteiger partial charge in [-0.1, -0.05) is 12.8 Å². The van der Waals surface area contributed by atoms with Crippen LogP contribution < -0.4 is 10.6 Å². The maximum Gasteiger partial charge on any atom is 0.315 e. The second-order valence-electron chi connectivity index (χ2n) is 4.15. The normalized spacial score (nSPS) is 16.2. The molecule has 1 saturated carbocycles. The molecule has 0 unspecified atom stereocenters. The third-order valence-electron chi connectivity index (χ3n) is 2.88. The number of carbonyl (C=O) groups excluding carboxylic acids is 1. The minimum Gasteiger partial charge on any atom is -0.336 e. The fourth-order valence-corrected chi connectivity index (χ4v) is 2.02. The van der Waals surface area contributed by atoms with Gasteiger partial charge in [-0.2, -0.15) is 5.10 Å². The quantitative estimate of drug-likeness (QED) is 0.802. The monoisotopic (exact) mass is 222 g/mol. The van der Waals surface area contributed by atoms with Gasteiger partial charge in [0.15, 0.2) is 0 Å². The maximum atomic E-state index is 11.5. The van der Waals surface area contributed by atoms with E-state index in [0.29, 0.717) is 19.1 Å². The summed E-state index contributed by atoms with van der Waals surface area (Å²) in [4.78, 5) is 11.5. The molecule has 0 saturated heterocycles. The van der Waals surface area contributed by atoms with E-state index < -0.39 is 0 Å². The second-order valence-corrected chi connectivity index (χ2v) is 4.15. The summed E-state index contributed by atoms with van der Waals surface area (Å²) in [6.45, 7) is 1.32. The van der Waals surface area contributed by atoms with Crippen LogP contribution in [0.15, 0.2) is 18.5 Å². The summed E-state index contributed by atoms with van der Waals surface area (Å²) < 4.78 is 1.80. The van der Waals surface area contributed by atoms with Crippen molar-refractivity contribution in [2.75, 3.05) is 6.54 Å². The lowest BCUT2D eigenvalue weighted by Gasteiger charge is -2.12. The molecule has 5 heteroatoms. The molecular formula is C11H18N4O. The van der Waals surface area contributed by atoms with Crippen LogP contribution in [-0.2, 0) is 6.54 Å². The van der Waals surface area contributed by atoms with Gasteiger partial charge < -0.3 is 10.6 Å². The van der Waals surface area contributed by atoms with Crippen molar-refractivity contribution >= 4 is 6.03 Å². The first-order valence-corrected chi connectivity index (χ1v) is 5.86. The lowest BCUT2D eigenvalue weighted by atomic mass is 10.2. The van der Waals surface area contributed by atoms with E-state index in [-0.39, 0.29) is 6.03 Å². The van der Waals surface area contributed by atoms with Gasteiger partial charge in [0.05, 0.1) is 6.54 Å². The van der Waals surface area contributed by atoms with Crippen LogP contribution in [0.4, 0.5) is 4.79 Å². The molecule has 16 heavy (non-hydrogen) atoms. The minimum absolute atomic E-state index is 0.0564. The van der Waals surface area contributed by atoms with Gasteiger partial charge in [-0.3, -0.25) is 4.68 Å². The van der Waals surface area contributed by atoms with Gasteiger partial charge in [-0.05, 0) is 18.9 Å². The number of hydrogen-bond acceptors (Lipinski definition) is 2. The highest BCUT2D eigenvalue weighted by Gasteiger charge is 2.16. The Balaban J connectivity index is 1.60. The Morgan fingerprint density at radius 3 is 2.94 bits per heavy atom. The zero-order valence-corrected chi connectivity index (χ0v) is 9.35. The van der Waals surface area contributed by atoms with Crippen molar-refractivity contribution in [2.45, 2.75) is 38.3 Å². The number of hydrogen-bond donors (Lipinski definition) is 2. The standard InChI is InChI=1S/C11H18N4O/c16-11(14-10-4-1-2-5-10)12-7-9-15-8-3-6-13-15/h3,6,8,10H,1-2,4-5,7,9H2,(H2,12,14,16). The highest BCUT2D eigenvalue weighted by atomic mass is 16.2. The second kappa shape index (κ2) is 5.53. The summed E-state index contributed by atoms with van der Waals surface area (Å²) in [5, 5.41) is 9.88. The first kappa shape index (κ1) is 11.0. The molecule has 5 nitrogen and oxygen atoms in total. The molecule has 1 aromatic rings. The van der Waals surface area contributed by atoms with Crippen LogP contribution in [0.3, 0.4) is 0 Å². The van der Waals surface area contributed by atoms with Gasteiger partial charge in [0.2, 0.25) is 0 Å². The molecular weight excluding hydrogens is 204 g/mol. The van der Waals surface area contributed by atoms with Crippen LogP contribution >= 0.6 is 0 Å². The van der Waals surface area contributed by atoms with Crippen molar-refractivity contribution in [3.05, 3.63) is 18.5 Å². The smallest absolute Gasteiger partial charge is 0.315 e. The van der Waals surface area contributed by atoms with Crippen molar-refractivity contribution in [1.82, 2.24) is 20.4 Å². The SMILES string of the molecule is O=C(NCCn1cccn1)NC1CCCC1. The highest BCUT2D eigenvalue weighted by Crippen LogP contribution is 2.17. The molecule has 2 rings (SSSR count). The summed E-state index contributed by atoms with van der Waals surface area (Å²) in [5.41, 5.74) is 0. The predicted molar refractivity (Wildman–Crippen MR) is 61.0 cm³/mol. The van der Waals surface area contributed by atoms with Crippen LogP contribution in [-0.4, -0.2) is 28.4 Å². The highest BCUT2D eigenvalue weighted by molar-refractivity contribution is 5.74. The molecule has 0 atom stereocenters. The molecule has 2 amide bonds. The molecule has 0 spiro atoms. The molecule has 1 aliphatic rings. The Bertz CT molecular complexity index is 317. The zero-order chi connectivity index (χ0) is 11.2. The summed E-state index contributed by atoms with van der Waals surface area (Å²) in [6, 6.07) is 2.20. The van der Waals surface area contributed by atoms with E-state index in [0.717, 1.165) is 12.8 Å². The third-order valence-corrected chi connectivity index (χ3v) is 2.88. The zero-order valence-electron chi connectivity index (χ0n) is 9.35. The molecule has 0 aliphatic heterocycles. The molecule has 0 aromatic carbocycles. The average Bonchev–Trinajstić information content (AvgIpc) is 2.90. The van der Waals surface area contributed by atoms with Crippen molar-refractivity contribution in [3.8, 4) is 0 Å². The van der Waals surface area contributed by atoms with Gasteiger partial charge in [0.25, 0.3) is 0 Å². The van der Waals surface area contributed by atoms with E-state index in [4.69, 9.17) is 0 Å². The first-order chi connectivity index (χ1) is 7.84. The summed E-state index contributed by atoms with van der Waals surface area (Å²) >= 11 is 0. The molecule has 1 aromatic heterocycles. The van der Waals surface area contributed by atoms with E-state index in [2.05, 4.69) is 15.7 Å². The van der Waals surface area contributed by atoms with E-state index >= 15 is 0 Å². The van der Waals surface area contributed by atoms with Crippen LogP contribution in [0, 0.1) is 0 Å². The fraction of sp³-hybridized carbons (Fsp3) is 0.636. The third kappa shape index (κ3) is 3.25. The average molecular weight is 222 g/mol. The number of nitrogens with zero attached hydrogens (tertiary/aromatic N) is 2. The maximum absolute atomic E-state index is 11.5. The van der Waals surface area contributed by atoms with Gasteiger partial charge in [0, 0.05) is 25.0 Å². The van der Waals surface area contributed by atoms with Crippen molar-refractivity contribution in [1.29, 1.82) is 0 Å². The largest absolute Gasteiger partial charge is 0.336 e. The molecule has 0 radical (unpaired) electrons. The number of rotatable bonds is 4. The van der Waals surface area contributed by atoms with Gasteiger partial charge in [0.1, 0.15) is 0 Å². The van der Waals surface area contributed by atoms with E-state index in [1.165, 1.54) is 12.8 Å². The fourth-order valence-electron chi connectivity index (χ4n) is 2.02. The number of carbonyl (C=O) groups is 1. The number of nitrogens with one attached hydrogen (secondary N) is 2. The van der Waals surface area contributed by atoms with Gasteiger partial charge in [-0.15, -0.1) is 0 Å². The van der Waals surface area contributed by atoms with Crippen molar-refractivity contribution in [3.63, 3.8) is 0 Å². The Morgan fingerprint density at radius 1 is 1.44 bits per heavy atom. The predicted octanol–water partition coefficient (Wildman–Crippen LogP) is 1.12. The minimum atomic E-state index is -0.0564.